The third-order valence-corrected chi connectivity index (χ3v) is 4.90. The molecule has 0 aromatic heterocycles. The summed E-state index contributed by atoms with van der Waals surface area (Å²) in [6.07, 6.45) is 8.06. The van der Waals surface area contributed by atoms with Crippen molar-refractivity contribution < 1.29 is 19.4 Å². The second-order valence-electron chi connectivity index (χ2n) is 6.66. The van der Waals surface area contributed by atoms with Crippen LogP contribution in [0.25, 0.3) is 0 Å². The highest BCUT2D eigenvalue weighted by molar-refractivity contribution is 5.81. The molecule has 1 heterocycles. The molecule has 1 saturated heterocycles. The summed E-state index contributed by atoms with van der Waals surface area (Å²) in [5, 5.41) is 8.80. The molecule has 5 nitrogen and oxygen atoms in total. The van der Waals surface area contributed by atoms with Crippen molar-refractivity contribution in [3.63, 3.8) is 0 Å². The monoisotopic (exact) mass is 311 g/mol. The van der Waals surface area contributed by atoms with E-state index in [1.54, 1.807) is 0 Å². The summed E-state index contributed by atoms with van der Waals surface area (Å²) in [5.74, 6) is -0.327. The zero-order valence-corrected chi connectivity index (χ0v) is 13.6. The molecule has 0 aromatic rings. The van der Waals surface area contributed by atoms with Crippen molar-refractivity contribution >= 4 is 11.9 Å². The highest BCUT2D eigenvalue weighted by Gasteiger charge is 2.31. The number of aliphatic carboxylic acids is 1. The van der Waals surface area contributed by atoms with Crippen molar-refractivity contribution in [2.75, 3.05) is 13.1 Å². The first-order chi connectivity index (χ1) is 10.6. The van der Waals surface area contributed by atoms with Gasteiger partial charge in [0.15, 0.2) is 0 Å². The van der Waals surface area contributed by atoms with Gasteiger partial charge in [-0.1, -0.05) is 19.8 Å². The molecule has 0 aromatic carbocycles. The fourth-order valence-corrected chi connectivity index (χ4v) is 3.62. The maximum absolute atomic E-state index is 12.7. The first kappa shape index (κ1) is 17.3. The van der Waals surface area contributed by atoms with Gasteiger partial charge in [0, 0.05) is 19.5 Å². The number of piperidine rings is 1. The Hall–Kier alpha value is -1.10. The lowest BCUT2D eigenvalue weighted by molar-refractivity contribution is -0.149. The number of carbonyl (C=O) groups excluding carboxylic acids is 1. The third-order valence-electron chi connectivity index (χ3n) is 4.90. The van der Waals surface area contributed by atoms with Gasteiger partial charge in [0.05, 0.1) is 6.10 Å². The van der Waals surface area contributed by atoms with Crippen LogP contribution >= 0.6 is 0 Å². The van der Waals surface area contributed by atoms with Crippen molar-refractivity contribution in [3.8, 4) is 0 Å². The highest BCUT2D eigenvalue weighted by Crippen LogP contribution is 2.25. The number of ether oxygens (including phenoxy) is 1. The molecule has 2 aliphatic rings. The Labute approximate surface area is 133 Å². The Kier molecular flexibility index (Phi) is 6.68. The first-order valence-corrected chi connectivity index (χ1v) is 8.76. The van der Waals surface area contributed by atoms with Gasteiger partial charge in [-0.05, 0) is 44.4 Å². The Morgan fingerprint density at radius 1 is 1.23 bits per heavy atom. The van der Waals surface area contributed by atoms with Crippen molar-refractivity contribution in [3.05, 3.63) is 0 Å². The topological polar surface area (TPSA) is 66.8 Å². The van der Waals surface area contributed by atoms with Crippen LogP contribution in [0.3, 0.4) is 0 Å². The van der Waals surface area contributed by atoms with Crippen LogP contribution in [-0.2, 0) is 14.3 Å². The number of hydrogen-bond donors (Lipinski definition) is 1. The van der Waals surface area contributed by atoms with E-state index >= 15 is 0 Å². The van der Waals surface area contributed by atoms with Gasteiger partial charge < -0.3 is 14.7 Å². The molecule has 1 N–H and O–H groups in total. The minimum Gasteiger partial charge on any atom is -0.481 e. The van der Waals surface area contributed by atoms with Crippen molar-refractivity contribution in [2.24, 2.45) is 5.92 Å². The average molecular weight is 311 g/mol. The van der Waals surface area contributed by atoms with Gasteiger partial charge in [-0.15, -0.1) is 0 Å². The minimum absolute atomic E-state index is 0.106. The second-order valence-corrected chi connectivity index (χ2v) is 6.66. The van der Waals surface area contributed by atoms with E-state index in [-0.39, 0.29) is 24.5 Å². The van der Waals surface area contributed by atoms with E-state index in [1.807, 2.05) is 11.8 Å². The Balaban J connectivity index is 1.84. The van der Waals surface area contributed by atoms with E-state index in [0.717, 1.165) is 32.2 Å². The summed E-state index contributed by atoms with van der Waals surface area (Å²) in [6.45, 7) is 3.48. The largest absolute Gasteiger partial charge is 0.481 e. The molecule has 2 fully saturated rings. The normalized spacial score (nSPS) is 24.4. The standard InChI is InChI=1S/C17H29NO4/c1-2-15(22-14-7-3-4-8-14)17(21)18-11-5-6-13(12-18)9-10-16(19)20/h13-15H,2-12H2,1H3,(H,19,20)/t13-,15-/m1/s1. The number of carbonyl (C=O) groups is 2. The van der Waals surface area contributed by atoms with Gasteiger partial charge in [0.2, 0.25) is 0 Å². The Morgan fingerprint density at radius 3 is 2.59 bits per heavy atom. The predicted molar refractivity (Wildman–Crippen MR) is 83.6 cm³/mol. The molecule has 2 atom stereocenters. The third kappa shape index (κ3) is 4.97. The van der Waals surface area contributed by atoms with E-state index < -0.39 is 5.97 Å². The molecule has 0 unspecified atom stereocenters. The summed E-state index contributed by atoms with van der Waals surface area (Å²) in [7, 11) is 0. The quantitative estimate of drug-likeness (QED) is 0.785. The minimum atomic E-state index is -0.751. The van der Waals surface area contributed by atoms with Crippen molar-refractivity contribution in [1.82, 2.24) is 4.90 Å². The number of carboxylic acid groups (broad SMARTS) is 1. The smallest absolute Gasteiger partial charge is 0.303 e. The second kappa shape index (κ2) is 8.51. The van der Waals surface area contributed by atoms with Crippen LogP contribution in [0.4, 0.5) is 0 Å². The molecule has 126 valence electrons. The molecule has 5 heteroatoms. The van der Waals surface area contributed by atoms with E-state index in [1.165, 1.54) is 12.8 Å². The summed E-state index contributed by atoms with van der Waals surface area (Å²) in [6, 6.07) is 0. The number of hydrogen-bond acceptors (Lipinski definition) is 3. The molecule has 1 saturated carbocycles. The van der Waals surface area contributed by atoms with Crippen LogP contribution < -0.4 is 0 Å². The number of likely N-dealkylation sites (tertiary alicyclic amines) is 1. The molecule has 22 heavy (non-hydrogen) atoms. The van der Waals surface area contributed by atoms with Crippen molar-refractivity contribution in [2.45, 2.75) is 76.9 Å². The molecule has 1 amide bonds. The van der Waals surface area contributed by atoms with Crippen LogP contribution in [0.15, 0.2) is 0 Å². The van der Waals surface area contributed by atoms with E-state index in [0.29, 0.717) is 25.3 Å². The Bertz CT molecular complexity index is 379. The molecule has 2 rings (SSSR count). The Morgan fingerprint density at radius 2 is 1.95 bits per heavy atom. The first-order valence-electron chi connectivity index (χ1n) is 8.76. The molecular weight excluding hydrogens is 282 g/mol. The van der Waals surface area contributed by atoms with Crippen LogP contribution in [-0.4, -0.2) is 47.2 Å². The fourth-order valence-electron chi connectivity index (χ4n) is 3.62. The lowest BCUT2D eigenvalue weighted by Crippen LogP contribution is -2.46. The average Bonchev–Trinajstić information content (AvgIpc) is 3.03. The molecule has 0 bridgehead atoms. The van der Waals surface area contributed by atoms with E-state index in [4.69, 9.17) is 9.84 Å². The fraction of sp³-hybridized carbons (Fsp3) is 0.882. The number of nitrogens with zero attached hydrogens (tertiary/aromatic N) is 1. The number of rotatable bonds is 7. The summed E-state index contributed by atoms with van der Waals surface area (Å²) in [4.78, 5) is 25.3. The van der Waals surface area contributed by atoms with Gasteiger partial charge in [0.1, 0.15) is 6.10 Å². The maximum atomic E-state index is 12.7. The molecule has 1 aliphatic heterocycles. The lowest BCUT2D eigenvalue weighted by atomic mass is 9.93. The van der Waals surface area contributed by atoms with Crippen LogP contribution in [0.5, 0.6) is 0 Å². The van der Waals surface area contributed by atoms with E-state index in [9.17, 15) is 9.59 Å². The van der Waals surface area contributed by atoms with Gasteiger partial charge in [-0.3, -0.25) is 9.59 Å². The van der Waals surface area contributed by atoms with Gasteiger partial charge >= 0.3 is 5.97 Å². The summed E-state index contributed by atoms with van der Waals surface area (Å²) in [5.41, 5.74) is 0. The molecule has 0 radical (unpaired) electrons. The SMILES string of the molecule is CC[C@@H](OC1CCCC1)C(=O)N1CCC[C@H](CCC(=O)O)C1. The highest BCUT2D eigenvalue weighted by atomic mass is 16.5. The van der Waals surface area contributed by atoms with Gasteiger partial charge in [0.25, 0.3) is 5.91 Å². The lowest BCUT2D eigenvalue weighted by Gasteiger charge is -2.35. The molecule has 0 spiro atoms. The zero-order chi connectivity index (χ0) is 15.9. The van der Waals surface area contributed by atoms with Crippen LogP contribution in [0.1, 0.15) is 64.7 Å². The van der Waals surface area contributed by atoms with Crippen molar-refractivity contribution in [1.29, 1.82) is 0 Å². The molecule has 1 aliphatic carbocycles. The van der Waals surface area contributed by atoms with Gasteiger partial charge in [-0.2, -0.15) is 0 Å². The zero-order valence-electron chi connectivity index (χ0n) is 13.6. The molecular formula is C17H29NO4. The van der Waals surface area contributed by atoms with E-state index in [2.05, 4.69) is 0 Å². The van der Waals surface area contributed by atoms with Crippen LogP contribution in [0.2, 0.25) is 0 Å². The van der Waals surface area contributed by atoms with Crippen LogP contribution in [0, 0.1) is 5.92 Å². The van der Waals surface area contributed by atoms with Gasteiger partial charge in [-0.25, -0.2) is 0 Å². The maximum Gasteiger partial charge on any atom is 0.303 e. The predicted octanol–water partition coefficient (Wildman–Crippen LogP) is 2.83. The summed E-state index contributed by atoms with van der Waals surface area (Å²) < 4.78 is 6.02. The number of carboxylic acids is 1. The number of amides is 1. The summed E-state index contributed by atoms with van der Waals surface area (Å²) >= 11 is 0.